The molecule has 0 saturated heterocycles. The van der Waals surface area contributed by atoms with Crippen molar-refractivity contribution >= 4 is 17.7 Å². The summed E-state index contributed by atoms with van der Waals surface area (Å²) in [5.41, 5.74) is 2.14. The molecule has 5 nitrogen and oxygen atoms in total. The van der Waals surface area contributed by atoms with Crippen LogP contribution >= 0.6 is 11.8 Å². The molecular weight excluding hydrogens is 334 g/mol. The highest BCUT2D eigenvalue weighted by Crippen LogP contribution is 2.24. The van der Waals surface area contributed by atoms with Gasteiger partial charge in [0.15, 0.2) is 0 Å². The van der Waals surface area contributed by atoms with Crippen molar-refractivity contribution in [1.29, 1.82) is 0 Å². The van der Waals surface area contributed by atoms with E-state index in [1.807, 2.05) is 31.2 Å². The molecule has 134 valence electrons. The quantitative estimate of drug-likeness (QED) is 0.845. The molecule has 0 bridgehead atoms. The third-order valence-electron chi connectivity index (χ3n) is 4.69. The van der Waals surface area contributed by atoms with Crippen LogP contribution < -0.4 is 5.32 Å². The van der Waals surface area contributed by atoms with Crippen molar-refractivity contribution in [2.75, 3.05) is 5.75 Å². The van der Waals surface area contributed by atoms with Crippen LogP contribution in [0.5, 0.6) is 0 Å². The van der Waals surface area contributed by atoms with Gasteiger partial charge in [0.1, 0.15) is 0 Å². The van der Waals surface area contributed by atoms with Crippen LogP contribution in [0.2, 0.25) is 0 Å². The summed E-state index contributed by atoms with van der Waals surface area (Å²) < 4.78 is 5.28. The van der Waals surface area contributed by atoms with Crippen molar-refractivity contribution in [1.82, 2.24) is 15.5 Å². The predicted octanol–water partition coefficient (Wildman–Crippen LogP) is 3.97. The van der Waals surface area contributed by atoms with Gasteiger partial charge in [-0.2, -0.15) is 4.98 Å². The average Bonchev–Trinajstić information content (AvgIpc) is 3.06. The van der Waals surface area contributed by atoms with Gasteiger partial charge in [0.25, 0.3) is 0 Å². The van der Waals surface area contributed by atoms with Crippen LogP contribution in [0.1, 0.15) is 44.1 Å². The summed E-state index contributed by atoms with van der Waals surface area (Å²) in [7, 11) is 0. The van der Waals surface area contributed by atoms with Crippen molar-refractivity contribution < 1.29 is 9.32 Å². The van der Waals surface area contributed by atoms with Crippen molar-refractivity contribution in [3.05, 3.63) is 35.7 Å². The fourth-order valence-electron chi connectivity index (χ4n) is 3.14. The lowest BCUT2D eigenvalue weighted by atomic mass is 9.86. The van der Waals surface area contributed by atoms with Crippen molar-refractivity contribution in [2.24, 2.45) is 5.92 Å². The van der Waals surface area contributed by atoms with Gasteiger partial charge in [0, 0.05) is 11.6 Å². The minimum absolute atomic E-state index is 0.0991. The summed E-state index contributed by atoms with van der Waals surface area (Å²) in [5.74, 6) is 2.80. The summed E-state index contributed by atoms with van der Waals surface area (Å²) in [6, 6.07) is 8.34. The van der Waals surface area contributed by atoms with Crippen LogP contribution in [0.15, 0.2) is 28.8 Å². The monoisotopic (exact) mass is 359 g/mol. The molecule has 25 heavy (non-hydrogen) atoms. The molecule has 1 fully saturated rings. The topological polar surface area (TPSA) is 68.0 Å². The molecule has 0 unspecified atom stereocenters. The Hall–Kier alpha value is -1.82. The Bertz CT molecular complexity index is 699. The maximum atomic E-state index is 12.1. The molecule has 0 aliphatic heterocycles. The van der Waals surface area contributed by atoms with Gasteiger partial charge in [-0.15, -0.1) is 11.8 Å². The molecule has 0 spiro atoms. The number of hydrogen-bond donors (Lipinski definition) is 1. The molecule has 1 heterocycles. The second-order valence-electron chi connectivity index (χ2n) is 6.81. The number of carbonyl (C=O) groups excluding carboxylic acids is 1. The van der Waals surface area contributed by atoms with Crippen LogP contribution in [0.3, 0.4) is 0 Å². The van der Waals surface area contributed by atoms with Gasteiger partial charge in [-0.05, 0) is 25.7 Å². The van der Waals surface area contributed by atoms with E-state index in [9.17, 15) is 4.79 Å². The summed E-state index contributed by atoms with van der Waals surface area (Å²) in [5, 5.41) is 7.18. The van der Waals surface area contributed by atoms with Crippen LogP contribution in [-0.4, -0.2) is 27.8 Å². The second kappa shape index (κ2) is 8.52. The first-order chi connectivity index (χ1) is 12.1. The van der Waals surface area contributed by atoms with E-state index in [0.29, 0.717) is 35.2 Å². The molecule has 1 saturated carbocycles. The summed E-state index contributed by atoms with van der Waals surface area (Å²) in [6.07, 6.45) is 4.80. The maximum absolute atomic E-state index is 12.1. The van der Waals surface area contributed by atoms with E-state index >= 15 is 0 Å². The zero-order valence-electron chi connectivity index (χ0n) is 14.8. The molecule has 1 aromatic carbocycles. The number of amides is 1. The minimum atomic E-state index is 0.0991. The van der Waals surface area contributed by atoms with E-state index in [1.165, 1.54) is 36.6 Å². The number of carbonyl (C=O) groups is 1. The standard InChI is InChI=1S/C19H25N3O2S/c1-13-7-9-15(10-8-13)19-21-18(24-22-19)12-25-11-17(23)20-16-6-4-3-5-14(16)2/h7-10,14,16H,3-6,11-12H2,1-2H3,(H,20,23)/t14-,16-/m0/s1. The Labute approximate surface area is 153 Å². The first kappa shape index (κ1) is 18.0. The molecule has 2 atom stereocenters. The van der Waals surface area contributed by atoms with Crippen molar-refractivity contribution in [3.63, 3.8) is 0 Å². The number of hydrogen-bond acceptors (Lipinski definition) is 5. The first-order valence-electron chi connectivity index (χ1n) is 8.88. The van der Waals surface area contributed by atoms with E-state index in [-0.39, 0.29) is 5.91 Å². The molecule has 1 aliphatic rings. The number of aromatic nitrogens is 2. The smallest absolute Gasteiger partial charge is 0.236 e. The number of nitrogens with one attached hydrogen (secondary N) is 1. The normalized spacial score (nSPS) is 20.4. The fraction of sp³-hybridized carbons (Fsp3) is 0.526. The highest BCUT2D eigenvalue weighted by atomic mass is 32.2. The summed E-state index contributed by atoms with van der Waals surface area (Å²) in [4.78, 5) is 16.5. The summed E-state index contributed by atoms with van der Waals surface area (Å²) >= 11 is 1.51. The van der Waals surface area contributed by atoms with Gasteiger partial charge in [0.2, 0.25) is 17.6 Å². The zero-order chi connectivity index (χ0) is 17.6. The number of thioether (sulfide) groups is 1. The summed E-state index contributed by atoms with van der Waals surface area (Å²) in [6.45, 7) is 4.27. The third-order valence-corrected chi connectivity index (χ3v) is 5.61. The molecule has 3 rings (SSSR count). The van der Waals surface area contributed by atoms with Gasteiger partial charge < -0.3 is 9.84 Å². The van der Waals surface area contributed by atoms with Crippen molar-refractivity contribution in [3.8, 4) is 11.4 Å². The third kappa shape index (κ3) is 5.08. The largest absolute Gasteiger partial charge is 0.352 e. The van der Waals surface area contributed by atoms with E-state index in [4.69, 9.17) is 4.52 Å². The lowest BCUT2D eigenvalue weighted by molar-refractivity contribution is -0.119. The molecule has 0 radical (unpaired) electrons. The molecule has 1 N–H and O–H groups in total. The van der Waals surface area contributed by atoms with E-state index in [2.05, 4.69) is 22.4 Å². The van der Waals surface area contributed by atoms with Crippen LogP contribution in [0.25, 0.3) is 11.4 Å². The Morgan fingerprint density at radius 3 is 2.80 bits per heavy atom. The Morgan fingerprint density at radius 2 is 2.04 bits per heavy atom. The van der Waals surface area contributed by atoms with Crippen molar-refractivity contribution in [2.45, 2.75) is 51.3 Å². The predicted molar refractivity (Wildman–Crippen MR) is 100 cm³/mol. The highest BCUT2D eigenvalue weighted by molar-refractivity contribution is 7.99. The Kier molecular flexibility index (Phi) is 6.13. The van der Waals surface area contributed by atoms with Crippen LogP contribution in [0, 0.1) is 12.8 Å². The SMILES string of the molecule is Cc1ccc(-c2noc(CSCC(=O)N[C@H]3CCCC[C@@H]3C)n2)cc1. The number of rotatable bonds is 6. The zero-order valence-corrected chi connectivity index (χ0v) is 15.6. The highest BCUT2D eigenvalue weighted by Gasteiger charge is 2.22. The van der Waals surface area contributed by atoms with Crippen LogP contribution in [-0.2, 0) is 10.5 Å². The van der Waals surface area contributed by atoms with E-state index in [1.54, 1.807) is 0 Å². The van der Waals surface area contributed by atoms with Gasteiger partial charge in [-0.1, -0.05) is 54.8 Å². The van der Waals surface area contributed by atoms with Gasteiger partial charge in [-0.25, -0.2) is 0 Å². The number of benzene rings is 1. The first-order valence-corrected chi connectivity index (χ1v) is 10.0. The lowest BCUT2D eigenvalue weighted by Crippen LogP contribution is -2.41. The Morgan fingerprint density at radius 1 is 1.28 bits per heavy atom. The van der Waals surface area contributed by atoms with Gasteiger partial charge in [-0.3, -0.25) is 4.79 Å². The molecular formula is C19H25N3O2S. The molecule has 1 aromatic heterocycles. The van der Waals surface area contributed by atoms with Gasteiger partial charge >= 0.3 is 0 Å². The number of aryl methyl sites for hydroxylation is 1. The average molecular weight is 359 g/mol. The van der Waals surface area contributed by atoms with Crippen LogP contribution in [0.4, 0.5) is 0 Å². The molecule has 1 amide bonds. The van der Waals surface area contributed by atoms with Gasteiger partial charge in [0.05, 0.1) is 11.5 Å². The molecule has 2 aromatic rings. The van der Waals surface area contributed by atoms with E-state index in [0.717, 1.165) is 12.0 Å². The van der Waals surface area contributed by atoms with E-state index < -0.39 is 0 Å². The minimum Gasteiger partial charge on any atom is -0.352 e. The molecule has 6 heteroatoms. The second-order valence-corrected chi connectivity index (χ2v) is 7.79. The Balaban J connectivity index is 1.44. The molecule has 1 aliphatic carbocycles. The number of nitrogens with zero attached hydrogens (tertiary/aromatic N) is 2. The lowest BCUT2D eigenvalue weighted by Gasteiger charge is -2.29. The maximum Gasteiger partial charge on any atom is 0.236 e. The fourth-order valence-corrected chi connectivity index (χ4v) is 3.81.